The molecule has 0 radical (unpaired) electrons. The maximum atomic E-state index is 5.79. The molecule has 0 fully saturated rings. The number of nitrogens with two attached hydrogens (primary N) is 1. The van der Waals surface area contributed by atoms with Gasteiger partial charge in [-0.3, -0.25) is 0 Å². The van der Waals surface area contributed by atoms with Gasteiger partial charge in [0.05, 0.1) is 16.5 Å². The predicted molar refractivity (Wildman–Crippen MR) is 83.1 cm³/mol. The van der Waals surface area contributed by atoms with E-state index in [2.05, 4.69) is 24.9 Å². The molecule has 0 atom stereocenters. The van der Waals surface area contributed by atoms with Crippen LogP contribution in [-0.2, 0) is 6.42 Å². The zero-order chi connectivity index (χ0) is 13.8. The van der Waals surface area contributed by atoms with Crippen LogP contribution in [0.4, 0.5) is 0 Å². The van der Waals surface area contributed by atoms with Gasteiger partial charge in [0.2, 0.25) is 0 Å². The molecular formula is C14H16N2OS2. The number of aryl methyl sites for hydroxylation is 1. The Morgan fingerprint density at radius 3 is 2.89 bits per heavy atom. The Morgan fingerprint density at radius 1 is 1.42 bits per heavy atom. The maximum Gasteiger partial charge on any atom is 0.122 e. The summed E-state index contributed by atoms with van der Waals surface area (Å²) in [7, 11) is 0. The van der Waals surface area contributed by atoms with Crippen molar-refractivity contribution >= 4 is 28.5 Å². The summed E-state index contributed by atoms with van der Waals surface area (Å²) in [6.45, 7) is 4.76. The molecule has 0 saturated heterocycles. The molecule has 100 valence electrons. The zero-order valence-corrected chi connectivity index (χ0v) is 12.6. The number of benzene rings is 1. The lowest BCUT2D eigenvalue weighted by Gasteiger charge is -2.09. The molecule has 0 spiro atoms. The summed E-state index contributed by atoms with van der Waals surface area (Å²) in [5, 5.41) is 0.994. The van der Waals surface area contributed by atoms with Gasteiger partial charge in [0.15, 0.2) is 0 Å². The third-order valence-corrected chi connectivity index (χ3v) is 4.36. The molecule has 0 saturated carbocycles. The second kappa shape index (κ2) is 6.12. The van der Waals surface area contributed by atoms with E-state index in [4.69, 9.17) is 22.7 Å². The number of thiazole rings is 1. The van der Waals surface area contributed by atoms with Crippen LogP contribution in [0.15, 0.2) is 24.4 Å². The molecule has 0 amide bonds. The van der Waals surface area contributed by atoms with E-state index < -0.39 is 0 Å². The Morgan fingerprint density at radius 2 is 2.21 bits per heavy atom. The number of hydrogen-bond donors (Lipinski definition) is 1. The van der Waals surface area contributed by atoms with Gasteiger partial charge >= 0.3 is 0 Å². The molecule has 2 aromatic rings. The third-order valence-electron chi connectivity index (χ3n) is 2.92. The number of aromatic nitrogens is 1. The first-order chi connectivity index (χ1) is 9.08. The SMILES string of the molecule is Cc1cccc(OCCc2ncc(C(N)=S)s2)c1C. The summed E-state index contributed by atoms with van der Waals surface area (Å²) in [5.41, 5.74) is 7.98. The van der Waals surface area contributed by atoms with Crippen molar-refractivity contribution < 1.29 is 4.74 Å². The fourth-order valence-corrected chi connectivity index (χ4v) is 2.60. The van der Waals surface area contributed by atoms with Crippen molar-refractivity contribution in [2.75, 3.05) is 6.61 Å². The Labute approximate surface area is 122 Å². The zero-order valence-electron chi connectivity index (χ0n) is 11.0. The molecular weight excluding hydrogens is 276 g/mol. The molecule has 0 aliphatic rings. The number of rotatable bonds is 5. The molecule has 5 heteroatoms. The lowest BCUT2D eigenvalue weighted by Crippen LogP contribution is -2.06. The van der Waals surface area contributed by atoms with Crippen LogP contribution in [0, 0.1) is 13.8 Å². The summed E-state index contributed by atoms with van der Waals surface area (Å²) in [4.78, 5) is 5.54. The van der Waals surface area contributed by atoms with E-state index in [1.807, 2.05) is 12.1 Å². The molecule has 2 rings (SSSR count). The number of nitrogens with zero attached hydrogens (tertiary/aromatic N) is 1. The summed E-state index contributed by atoms with van der Waals surface area (Å²) in [6.07, 6.45) is 2.49. The number of ether oxygens (including phenoxy) is 1. The second-order valence-electron chi connectivity index (χ2n) is 4.28. The average molecular weight is 292 g/mol. The van der Waals surface area contributed by atoms with Crippen molar-refractivity contribution in [3.8, 4) is 5.75 Å². The Bertz CT molecular complexity index is 593. The van der Waals surface area contributed by atoms with Crippen LogP contribution in [0.3, 0.4) is 0 Å². The highest BCUT2D eigenvalue weighted by Crippen LogP contribution is 2.21. The fourth-order valence-electron chi connectivity index (χ4n) is 1.67. The molecule has 3 nitrogen and oxygen atoms in total. The first-order valence-corrected chi connectivity index (χ1v) is 7.24. The molecule has 0 bridgehead atoms. The molecule has 1 aromatic heterocycles. The topological polar surface area (TPSA) is 48.1 Å². The van der Waals surface area contributed by atoms with Gasteiger partial charge in [-0.1, -0.05) is 24.4 Å². The van der Waals surface area contributed by atoms with Crippen LogP contribution in [-0.4, -0.2) is 16.6 Å². The van der Waals surface area contributed by atoms with Gasteiger partial charge in [0.25, 0.3) is 0 Å². The molecule has 1 aromatic carbocycles. The van der Waals surface area contributed by atoms with Gasteiger partial charge in [-0.05, 0) is 31.0 Å². The van der Waals surface area contributed by atoms with E-state index in [1.165, 1.54) is 22.5 Å². The quantitative estimate of drug-likeness (QED) is 0.861. The van der Waals surface area contributed by atoms with E-state index in [1.54, 1.807) is 6.20 Å². The van der Waals surface area contributed by atoms with E-state index in [9.17, 15) is 0 Å². The Balaban J connectivity index is 1.92. The van der Waals surface area contributed by atoms with Gasteiger partial charge < -0.3 is 10.5 Å². The van der Waals surface area contributed by atoms with Crippen molar-refractivity contribution in [1.29, 1.82) is 0 Å². The first-order valence-electron chi connectivity index (χ1n) is 6.01. The van der Waals surface area contributed by atoms with Crippen LogP contribution in [0.5, 0.6) is 5.75 Å². The van der Waals surface area contributed by atoms with Crippen molar-refractivity contribution in [3.63, 3.8) is 0 Å². The Hall–Kier alpha value is -1.46. The van der Waals surface area contributed by atoms with Crippen LogP contribution >= 0.6 is 23.6 Å². The minimum absolute atomic E-state index is 0.402. The second-order valence-corrected chi connectivity index (χ2v) is 5.83. The lowest BCUT2D eigenvalue weighted by atomic mass is 10.1. The van der Waals surface area contributed by atoms with Crippen molar-refractivity contribution in [1.82, 2.24) is 4.98 Å². The summed E-state index contributed by atoms with van der Waals surface area (Å²) < 4.78 is 5.79. The van der Waals surface area contributed by atoms with Crippen molar-refractivity contribution in [2.45, 2.75) is 20.3 Å². The fraction of sp³-hybridized carbons (Fsp3) is 0.286. The average Bonchev–Trinajstić information content (AvgIpc) is 2.83. The van der Waals surface area contributed by atoms with Gasteiger partial charge in [0, 0.05) is 12.6 Å². The Kier molecular flexibility index (Phi) is 4.50. The van der Waals surface area contributed by atoms with Crippen LogP contribution in [0.1, 0.15) is 21.0 Å². The molecule has 1 heterocycles. The van der Waals surface area contributed by atoms with Gasteiger partial charge in [-0.15, -0.1) is 11.3 Å². The van der Waals surface area contributed by atoms with E-state index in [0.29, 0.717) is 11.6 Å². The molecule has 19 heavy (non-hydrogen) atoms. The molecule has 0 aliphatic carbocycles. The highest BCUT2D eigenvalue weighted by atomic mass is 32.1. The van der Waals surface area contributed by atoms with Crippen LogP contribution in [0.25, 0.3) is 0 Å². The van der Waals surface area contributed by atoms with E-state index >= 15 is 0 Å². The van der Waals surface area contributed by atoms with Crippen LogP contribution < -0.4 is 10.5 Å². The largest absolute Gasteiger partial charge is 0.493 e. The smallest absolute Gasteiger partial charge is 0.122 e. The van der Waals surface area contributed by atoms with Gasteiger partial charge in [0.1, 0.15) is 10.7 Å². The van der Waals surface area contributed by atoms with E-state index in [-0.39, 0.29) is 0 Å². The maximum absolute atomic E-state index is 5.79. The molecule has 2 N–H and O–H groups in total. The minimum atomic E-state index is 0.402. The monoisotopic (exact) mass is 292 g/mol. The summed E-state index contributed by atoms with van der Waals surface area (Å²) in [5.74, 6) is 0.936. The molecule has 0 aliphatic heterocycles. The van der Waals surface area contributed by atoms with Gasteiger partial charge in [-0.2, -0.15) is 0 Å². The summed E-state index contributed by atoms with van der Waals surface area (Å²) >= 11 is 6.44. The normalized spacial score (nSPS) is 10.4. The third kappa shape index (κ3) is 3.52. The molecule has 0 unspecified atom stereocenters. The lowest BCUT2D eigenvalue weighted by molar-refractivity contribution is 0.319. The highest BCUT2D eigenvalue weighted by Gasteiger charge is 2.05. The highest BCUT2D eigenvalue weighted by molar-refractivity contribution is 7.81. The summed E-state index contributed by atoms with van der Waals surface area (Å²) in [6, 6.07) is 6.08. The number of thiocarbonyl (C=S) groups is 1. The first kappa shape index (κ1) is 14.0. The van der Waals surface area contributed by atoms with Crippen molar-refractivity contribution in [2.24, 2.45) is 5.73 Å². The van der Waals surface area contributed by atoms with Crippen LogP contribution in [0.2, 0.25) is 0 Å². The van der Waals surface area contributed by atoms with Gasteiger partial charge in [-0.25, -0.2) is 4.98 Å². The minimum Gasteiger partial charge on any atom is -0.493 e. The van der Waals surface area contributed by atoms with Crippen molar-refractivity contribution in [3.05, 3.63) is 45.4 Å². The van der Waals surface area contributed by atoms with E-state index in [0.717, 1.165) is 22.1 Å². The number of hydrogen-bond acceptors (Lipinski definition) is 4. The predicted octanol–water partition coefficient (Wildman–Crippen LogP) is 3.02. The standard InChI is InChI=1S/C14H16N2OS2/c1-9-4-3-5-11(10(9)2)17-7-6-13-16-8-12(19-13)14(15)18/h3-5,8H,6-7H2,1-2H3,(H2,15,18).